The fourth-order valence-electron chi connectivity index (χ4n) is 3.51. The number of aliphatic carboxylic acids is 1. The average Bonchev–Trinajstić information content (AvgIpc) is 2.38. The van der Waals surface area contributed by atoms with Crippen LogP contribution in [0.2, 0.25) is 0 Å². The lowest BCUT2D eigenvalue weighted by molar-refractivity contribution is -0.142. The van der Waals surface area contributed by atoms with Crippen LogP contribution >= 0.6 is 0 Å². The number of methoxy groups -OCH3 is 1. The average molecular weight is 312 g/mol. The highest BCUT2D eigenvalue weighted by atomic mass is 16.5. The molecule has 2 aliphatic carbocycles. The second-order valence-corrected chi connectivity index (χ2v) is 6.63. The van der Waals surface area contributed by atoms with Gasteiger partial charge in [-0.15, -0.1) is 0 Å². The molecule has 2 saturated carbocycles. The van der Waals surface area contributed by atoms with Gasteiger partial charge in [0.05, 0.1) is 12.0 Å². The van der Waals surface area contributed by atoms with E-state index in [2.05, 4.69) is 5.32 Å². The Morgan fingerprint density at radius 3 is 2.50 bits per heavy atom. The standard InChI is InChI=1S/C16H28N2O4/c1-3-18(11-14(19)20)13-9-12(10-13)17-15(21)16(5-4-6-16)7-8-22-2/h12-13H,3-11H2,1-2H3,(H,17,21)(H,19,20). The van der Waals surface area contributed by atoms with Gasteiger partial charge in [-0.2, -0.15) is 0 Å². The summed E-state index contributed by atoms with van der Waals surface area (Å²) in [5.41, 5.74) is -0.216. The van der Waals surface area contributed by atoms with Crippen LogP contribution in [0, 0.1) is 5.41 Å². The SMILES string of the molecule is CCN(CC(=O)O)C1CC(NC(=O)C2(CCOC)CCC2)C1. The minimum absolute atomic E-state index is 0.0829. The van der Waals surface area contributed by atoms with E-state index in [1.807, 2.05) is 11.8 Å². The van der Waals surface area contributed by atoms with Crippen LogP contribution < -0.4 is 5.32 Å². The molecular weight excluding hydrogens is 284 g/mol. The quantitative estimate of drug-likeness (QED) is 0.670. The summed E-state index contributed by atoms with van der Waals surface area (Å²) in [7, 11) is 1.67. The fraction of sp³-hybridized carbons (Fsp3) is 0.875. The van der Waals surface area contributed by atoms with Crippen molar-refractivity contribution in [3.8, 4) is 0 Å². The van der Waals surface area contributed by atoms with Crippen LogP contribution in [0.3, 0.4) is 0 Å². The van der Waals surface area contributed by atoms with E-state index in [-0.39, 0.29) is 30.0 Å². The van der Waals surface area contributed by atoms with Crippen molar-refractivity contribution in [2.24, 2.45) is 5.41 Å². The van der Waals surface area contributed by atoms with E-state index in [4.69, 9.17) is 9.84 Å². The minimum Gasteiger partial charge on any atom is -0.480 e. The molecule has 2 aliphatic rings. The lowest BCUT2D eigenvalue weighted by atomic mass is 9.65. The zero-order chi connectivity index (χ0) is 16.2. The number of likely N-dealkylation sites (N-methyl/N-ethyl adjacent to an activating group) is 1. The first-order valence-electron chi connectivity index (χ1n) is 8.26. The van der Waals surface area contributed by atoms with Crippen LogP contribution in [-0.4, -0.2) is 60.8 Å². The van der Waals surface area contributed by atoms with Crippen LogP contribution in [0.5, 0.6) is 0 Å². The maximum Gasteiger partial charge on any atom is 0.317 e. The molecule has 0 unspecified atom stereocenters. The largest absolute Gasteiger partial charge is 0.480 e. The summed E-state index contributed by atoms with van der Waals surface area (Å²) in [6.45, 7) is 3.42. The third-order valence-electron chi connectivity index (χ3n) is 5.29. The summed E-state index contributed by atoms with van der Waals surface area (Å²) in [5, 5.41) is 12.1. The van der Waals surface area contributed by atoms with Crippen molar-refractivity contribution < 1.29 is 19.4 Å². The number of ether oxygens (including phenoxy) is 1. The molecule has 0 aliphatic heterocycles. The van der Waals surface area contributed by atoms with Crippen LogP contribution in [0.25, 0.3) is 0 Å². The molecule has 2 N–H and O–H groups in total. The molecule has 126 valence electrons. The van der Waals surface area contributed by atoms with Gasteiger partial charge in [0.25, 0.3) is 0 Å². The van der Waals surface area contributed by atoms with Crippen LogP contribution in [0.1, 0.15) is 45.4 Å². The Morgan fingerprint density at radius 1 is 1.36 bits per heavy atom. The Labute approximate surface area is 132 Å². The van der Waals surface area contributed by atoms with Crippen LogP contribution in [0.4, 0.5) is 0 Å². The number of amides is 1. The maximum absolute atomic E-state index is 12.5. The molecule has 0 spiro atoms. The highest BCUT2D eigenvalue weighted by Crippen LogP contribution is 2.44. The van der Waals surface area contributed by atoms with Crippen molar-refractivity contribution in [2.45, 2.75) is 57.5 Å². The van der Waals surface area contributed by atoms with Gasteiger partial charge in [0.15, 0.2) is 0 Å². The van der Waals surface area contributed by atoms with Crippen molar-refractivity contribution in [3.63, 3.8) is 0 Å². The molecule has 0 saturated heterocycles. The molecule has 6 heteroatoms. The molecule has 2 rings (SSSR count). The van der Waals surface area contributed by atoms with Gasteiger partial charge in [-0.1, -0.05) is 13.3 Å². The summed E-state index contributed by atoms with van der Waals surface area (Å²) < 4.78 is 5.13. The van der Waals surface area contributed by atoms with Crippen molar-refractivity contribution in [1.29, 1.82) is 0 Å². The van der Waals surface area contributed by atoms with Gasteiger partial charge < -0.3 is 15.2 Å². The van der Waals surface area contributed by atoms with E-state index >= 15 is 0 Å². The van der Waals surface area contributed by atoms with Gasteiger partial charge in [-0.3, -0.25) is 14.5 Å². The second-order valence-electron chi connectivity index (χ2n) is 6.63. The third kappa shape index (κ3) is 3.79. The molecule has 0 bridgehead atoms. The summed E-state index contributed by atoms with van der Waals surface area (Å²) in [5.74, 6) is -0.622. The Morgan fingerprint density at radius 2 is 2.05 bits per heavy atom. The van der Waals surface area contributed by atoms with Crippen molar-refractivity contribution in [2.75, 3.05) is 26.8 Å². The molecule has 22 heavy (non-hydrogen) atoms. The lowest BCUT2D eigenvalue weighted by Crippen LogP contribution is -2.58. The summed E-state index contributed by atoms with van der Waals surface area (Å²) >= 11 is 0. The van der Waals surface area contributed by atoms with E-state index < -0.39 is 5.97 Å². The van der Waals surface area contributed by atoms with E-state index in [0.29, 0.717) is 6.61 Å². The van der Waals surface area contributed by atoms with Crippen LogP contribution in [0.15, 0.2) is 0 Å². The molecule has 0 radical (unpaired) electrons. The number of nitrogens with zero attached hydrogens (tertiary/aromatic N) is 1. The maximum atomic E-state index is 12.5. The Bertz CT molecular complexity index is 403. The van der Waals surface area contributed by atoms with Crippen molar-refractivity contribution >= 4 is 11.9 Å². The van der Waals surface area contributed by atoms with Gasteiger partial charge in [0.2, 0.25) is 5.91 Å². The lowest BCUT2D eigenvalue weighted by Gasteiger charge is -2.46. The molecular formula is C16H28N2O4. The first kappa shape index (κ1) is 17.2. The smallest absolute Gasteiger partial charge is 0.317 e. The molecule has 0 aromatic rings. The second kappa shape index (κ2) is 7.42. The van der Waals surface area contributed by atoms with Crippen molar-refractivity contribution in [3.05, 3.63) is 0 Å². The van der Waals surface area contributed by atoms with E-state index in [9.17, 15) is 9.59 Å². The van der Waals surface area contributed by atoms with Gasteiger partial charge in [0.1, 0.15) is 0 Å². The molecule has 2 fully saturated rings. The highest BCUT2D eigenvalue weighted by Gasteiger charge is 2.45. The van der Waals surface area contributed by atoms with E-state index in [1.54, 1.807) is 7.11 Å². The van der Waals surface area contributed by atoms with Gasteiger partial charge in [-0.25, -0.2) is 0 Å². The monoisotopic (exact) mass is 312 g/mol. The molecule has 6 nitrogen and oxygen atoms in total. The highest BCUT2D eigenvalue weighted by molar-refractivity contribution is 5.83. The van der Waals surface area contributed by atoms with Gasteiger partial charge in [0, 0.05) is 25.8 Å². The number of nitrogens with one attached hydrogen (secondary N) is 1. The van der Waals surface area contributed by atoms with E-state index in [0.717, 1.165) is 45.1 Å². The van der Waals surface area contributed by atoms with Crippen LogP contribution in [-0.2, 0) is 14.3 Å². The topological polar surface area (TPSA) is 78.9 Å². The number of hydrogen-bond acceptors (Lipinski definition) is 4. The van der Waals surface area contributed by atoms with Gasteiger partial charge in [-0.05, 0) is 38.6 Å². The summed E-state index contributed by atoms with van der Waals surface area (Å²) in [6.07, 6.45) is 5.54. The first-order chi connectivity index (χ1) is 10.5. The Balaban J connectivity index is 1.76. The van der Waals surface area contributed by atoms with Gasteiger partial charge >= 0.3 is 5.97 Å². The summed E-state index contributed by atoms with van der Waals surface area (Å²) in [6, 6.07) is 0.475. The van der Waals surface area contributed by atoms with Crippen molar-refractivity contribution in [1.82, 2.24) is 10.2 Å². The zero-order valence-corrected chi connectivity index (χ0v) is 13.6. The molecule has 0 aromatic heterocycles. The molecule has 0 heterocycles. The number of rotatable bonds is 9. The predicted octanol–water partition coefficient (Wildman–Crippen LogP) is 1.25. The molecule has 0 atom stereocenters. The minimum atomic E-state index is -0.790. The number of hydrogen-bond donors (Lipinski definition) is 2. The Hall–Kier alpha value is -1.14. The third-order valence-corrected chi connectivity index (χ3v) is 5.29. The number of carbonyl (C=O) groups is 2. The fourth-order valence-corrected chi connectivity index (χ4v) is 3.51. The number of carboxylic acid groups (broad SMARTS) is 1. The normalized spacial score (nSPS) is 26.1. The first-order valence-corrected chi connectivity index (χ1v) is 8.26. The summed E-state index contributed by atoms with van der Waals surface area (Å²) in [4.78, 5) is 25.3. The zero-order valence-electron chi connectivity index (χ0n) is 13.6. The Kier molecular flexibility index (Phi) is 5.81. The number of carboxylic acids is 1. The number of carbonyl (C=O) groups excluding carboxylic acids is 1. The van der Waals surface area contributed by atoms with E-state index in [1.165, 1.54) is 0 Å². The molecule has 0 aromatic carbocycles. The predicted molar refractivity (Wildman–Crippen MR) is 82.6 cm³/mol. The molecule has 1 amide bonds.